The molecule has 1 saturated carbocycles. The first kappa shape index (κ1) is 19.2. The Labute approximate surface area is 169 Å². The highest BCUT2D eigenvalue weighted by Crippen LogP contribution is 2.42. The number of Topliss-reactive ketones (excluding diaryl/α,β-unsaturated/α-hetero) is 1. The van der Waals surface area contributed by atoms with Gasteiger partial charge in [-0.1, -0.05) is 37.1 Å². The summed E-state index contributed by atoms with van der Waals surface area (Å²) < 4.78 is 10.9. The van der Waals surface area contributed by atoms with Gasteiger partial charge >= 0.3 is 0 Å². The number of hydrogen-bond donors (Lipinski definition) is 0. The Bertz CT molecular complexity index is 930. The summed E-state index contributed by atoms with van der Waals surface area (Å²) >= 11 is 0. The number of imide groups is 1. The topological polar surface area (TPSA) is 72.9 Å². The molecule has 2 aromatic carbocycles. The third-order valence-corrected chi connectivity index (χ3v) is 5.70. The van der Waals surface area contributed by atoms with Gasteiger partial charge in [-0.05, 0) is 37.1 Å². The minimum Gasteiger partial charge on any atom is -0.497 e. The van der Waals surface area contributed by atoms with Gasteiger partial charge in [0, 0.05) is 5.56 Å². The summed E-state index contributed by atoms with van der Waals surface area (Å²) in [7, 11) is 1.54. The molecular weight excluding hydrogens is 370 g/mol. The molecule has 150 valence electrons. The van der Waals surface area contributed by atoms with E-state index in [1.165, 1.54) is 12.0 Å². The number of amides is 2. The van der Waals surface area contributed by atoms with E-state index in [1.807, 2.05) is 0 Å². The molecule has 2 amide bonds. The van der Waals surface area contributed by atoms with Crippen molar-refractivity contribution < 1.29 is 23.9 Å². The number of fused-ring (bicyclic) bond motifs is 1. The van der Waals surface area contributed by atoms with Gasteiger partial charge in [0.25, 0.3) is 0 Å². The minimum atomic E-state index is -0.234. The molecule has 1 heterocycles. The van der Waals surface area contributed by atoms with E-state index >= 15 is 0 Å². The van der Waals surface area contributed by atoms with E-state index in [2.05, 4.69) is 0 Å². The van der Waals surface area contributed by atoms with Crippen molar-refractivity contribution in [2.45, 2.75) is 25.7 Å². The lowest BCUT2D eigenvalue weighted by molar-refractivity contribution is -0.122. The van der Waals surface area contributed by atoms with Crippen LogP contribution in [0, 0.1) is 11.8 Å². The highest BCUT2D eigenvalue weighted by Gasteiger charge is 2.49. The molecule has 2 aliphatic rings. The minimum absolute atomic E-state index is 0.158. The van der Waals surface area contributed by atoms with Crippen molar-refractivity contribution in [3.8, 4) is 11.5 Å². The lowest BCUT2D eigenvalue weighted by Crippen LogP contribution is -2.31. The lowest BCUT2D eigenvalue weighted by Gasteiger charge is -2.19. The molecule has 2 unspecified atom stereocenters. The van der Waals surface area contributed by atoms with Gasteiger partial charge in [0.15, 0.2) is 12.4 Å². The maximum absolute atomic E-state index is 12.9. The first-order chi connectivity index (χ1) is 14.1. The van der Waals surface area contributed by atoms with Crippen LogP contribution < -0.4 is 14.4 Å². The summed E-state index contributed by atoms with van der Waals surface area (Å²) in [6.45, 7) is -0.201. The molecule has 29 heavy (non-hydrogen) atoms. The van der Waals surface area contributed by atoms with Crippen LogP contribution in [-0.2, 0) is 9.59 Å². The number of rotatable bonds is 6. The second-order valence-corrected chi connectivity index (χ2v) is 7.42. The van der Waals surface area contributed by atoms with Crippen molar-refractivity contribution in [3.63, 3.8) is 0 Å². The van der Waals surface area contributed by atoms with Crippen molar-refractivity contribution in [2.75, 3.05) is 18.6 Å². The van der Waals surface area contributed by atoms with E-state index in [0.717, 1.165) is 25.7 Å². The third-order valence-electron chi connectivity index (χ3n) is 5.70. The second kappa shape index (κ2) is 8.07. The van der Waals surface area contributed by atoms with Crippen LogP contribution >= 0.6 is 0 Å². The predicted octanol–water partition coefficient (Wildman–Crippen LogP) is 3.64. The summed E-state index contributed by atoms with van der Waals surface area (Å²) in [5.41, 5.74) is 0.886. The molecule has 0 aromatic heterocycles. The van der Waals surface area contributed by atoms with Crippen LogP contribution in [0.2, 0.25) is 0 Å². The van der Waals surface area contributed by atoms with E-state index in [9.17, 15) is 14.4 Å². The number of carbonyl (C=O) groups is 3. The van der Waals surface area contributed by atoms with Gasteiger partial charge in [0.2, 0.25) is 11.8 Å². The molecule has 0 bridgehead atoms. The molecule has 0 spiro atoms. The molecule has 1 saturated heterocycles. The SMILES string of the molecule is COc1cccc(C(=O)COc2ccccc2N2C(=O)C3CCCCC3C2=O)c1. The molecule has 6 heteroatoms. The fraction of sp³-hybridized carbons (Fsp3) is 0.348. The van der Waals surface area contributed by atoms with Crippen LogP contribution in [0.15, 0.2) is 48.5 Å². The second-order valence-electron chi connectivity index (χ2n) is 7.42. The fourth-order valence-corrected chi connectivity index (χ4v) is 4.19. The highest BCUT2D eigenvalue weighted by molar-refractivity contribution is 6.22. The largest absolute Gasteiger partial charge is 0.497 e. The maximum Gasteiger partial charge on any atom is 0.237 e. The quantitative estimate of drug-likeness (QED) is 0.553. The number of ether oxygens (including phenoxy) is 2. The fourth-order valence-electron chi connectivity index (χ4n) is 4.19. The summed E-state index contributed by atoms with van der Waals surface area (Å²) in [6, 6.07) is 13.7. The number of para-hydroxylation sites is 2. The van der Waals surface area contributed by atoms with E-state index in [1.54, 1.807) is 48.5 Å². The van der Waals surface area contributed by atoms with Gasteiger partial charge in [-0.15, -0.1) is 0 Å². The first-order valence-corrected chi connectivity index (χ1v) is 9.87. The van der Waals surface area contributed by atoms with Crippen LogP contribution in [-0.4, -0.2) is 31.3 Å². The Hall–Kier alpha value is -3.15. The lowest BCUT2D eigenvalue weighted by atomic mass is 9.81. The van der Waals surface area contributed by atoms with E-state index in [0.29, 0.717) is 22.7 Å². The van der Waals surface area contributed by atoms with Gasteiger partial charge in [-0.2, -0.15) is 0 Å². The summed E-state index contributed by atoms with van der Waals surface area (Å²) in [5.74, 6) is -0.0576. The van der Waals surface area contributed by atoms with E-state index in [4.69, 9.17) is 9.47 Å². The first-order valence-electron chi connectivity index (χ1n) is 9.87. The van der Waals surface area contributed by atoms with Crippen molar-refractivity contribution >= 4 is 23.3 Å². The van der Waals surface area contributed by atoms with Gasteiger partial charge in [0.05, 0.1) is 24.6 Å². The van der Waals surface area contributed by atoms with Gasteiger partial charge < -0.3 is 9.47 Å². The van der Waals surface area contributed by atoms with Crippen LogP contribution in [0.3, 0.4) is 0 Å². The van der Waals surface area contributed by atoms with Crippen LogP contribution in [0.25, 0.3) is 0 Å². The van der Waals surface area contributed by atoms with Gasteiger partial charge in [-0.3, -0.25) is 14.4 Å². The van der Waals surface area contributed by atoms with Crippen molar-refractivity contribution in [1.29, 1.82) is 0 Å². The Balaban J connectivity index is 1.54. The molecule has 1 aliphatic carbocycles. The number of carbonyl (C=O) groups excluding carboxylic acids is 3. The molecule has 6 nitrogen and oxygen atoms in total. The number of nitrogens with zero attached hydrogens (tertiary/aromatic N) is 1. The Kier molecular flexibility index (Phi) is 5.34. The van der Waals surface area contributed by atoms with Crippen LogP contribution in [0.1, 0.15) is 36.0 Å². The normalized spacial score (nSPS) is 21.1. The molecule has 0 N–H and O–H groups in total. The number of benzene rings is 2. The summed E-state index contributed by atoms with van der Waals surface area (Å²) in [4.78, 5) is 39.6. The smallest absolute Gasteiger partial charge is 0.237 e. The number of ketones is 1. The highest BCUT2D eigenvalue weighted by atomic mass is 16.5. The summed E-state index contributed by atoms with van der Waals surface area (Å²) in [6.07, 6.45) is 3.45. The van der Waals surface area contributed by atoms with Crippen molar-refractivity contribution in [2.24, 2.45) is 11.8 Å². The summed E-state index contributed by atoms with van der Waals surface area (Å²) in [5, 5.41) is 0. The molecule has 4 rings (SSSR count). The Morgan fingerprint density at radius 2 is 1.69 bits per heavy atom. The Morgan fingerprint density at radius 1 is 1.00 bits per heavy atom. The molecule has 2 aromatic rings. The van der Waals surface area contributed by atoms with Crippen LogP contribution in [0.4, 0.5) is 5.69 Å². The Morgan fingerprint density at radius 3 is 2.38 bits per heavy atom. The number of hydrogen-bond acceptors (Lipinski definition) is 5. The zero-order chi connectivity index (χ0) is 20.4. The predicted molar refractivity (Wildman–Crippen MR) is 107 cm³/mol. The van der Waals surface area contributed by atoms with Gasteiger partial charge in [-0.25, -0.2) is 4.90 Å². The molecular formula is C23H23NO5. The van der Waals surface area contributed by atoms with Crippen molar-refractivity contribution in [3.05, 3.63) is 54.1 Å². The number of methoxy groups -OCH3 is 1. The maximum atomic E-state index is 12.9. The molecule has 2 atom stereocenters. The average molecular weight is 393 g/mol. The standard InChI is InChI=1S/C23H23NO5/c1-28-16-8-6-7-15(13-16)20(25)14-29-21-12-5-4-11-19(21)24-22(26)17-9-2-3-10-18(17)23(24)27/h4-8,11-13,17-18H,2-3,9-10,14H2,1H3. The third kappa shape index (κ3) is 3.62. The van der Waals surface area contributed by atoms with Crippen molar-refractivity contribution in [1.82, 2.24) is 0 Å². The number of anilines is 1. The molecule has 2 fully saturated rings. The zero-order valence-corrected chi connectivity index (χ0v) is 16.3. The van der Waals surface area contributed by atoms with Crippen LogP contribution in [0.5, 0.6) is 11.5 Å². The van der Waals surface area contributed by atoms with E-state index in [-0.39, 0.29) is 36.0 Å². The zero-order valence-electron chi connectivity index (χ0n) is 16.3. The average Bonchev–Trinajstić information content (AvgIpc) is 3.02. The van der Waals surface area contributed by atoms with Gasteiger partial charge in [0.1, 0.15) is 11.5 Å². The molecule has 1 aliphatic heterocycles. The van der Waals surface area contributed by atoms with E-state index < -0.39 is 0 Å². The monoisotopic (exact) mass is 393 g/mol. The molecule has 0 radical (unpaired) electrons.